The maximum atomic E-state index is 15.9. The number of nitrogens with zero attached hydrogens (tertiary/aromatic N) is 5. The van der Waals surface area contributed by atoms with Crippen LogP contribution in [0.4, 0.5) is 14.9 Å². The van der Waals surface area contributed by atoms with E-state index in [-0.39, 0.29) is 12.2 Å². The standard InChI is InChI=1S/C34H54FN5O4Si2/c1-33(2,3)44-32(41)38(5)24-17-26(35)30-27(18-24)39(21-42-12-14-45(6,7)8)31(36-30)29-25-16-23-19-34(23,4)20-28(25)40(37-29)22-43-13-15-46(9,10)11/h17-18,23H,12-16,19-22H2,1-11H3/t23-,34-/m1/s1. The van der Waals surface area contributed by atoms with Crippen LogP contribution in [0.2, 0.25) is 51.4 Å². The predicted molar refractivity (Wildman–Crippen MR) is 187 cm³/mol. The summed E-state index contributed by atoms with van der Waals surface area (Å²) < 4.78 is 37.9. The molecule has 1 amide bonds. The van der Waals surface area contributed by atoms with Gasteiger partial charge in [-0.25, -0.2) is 18.9 Å². The van der Waals surface area contributed by atoms with Crippen LogP contribution in [0, 0.1) is 17.2 Å². The summed E-state index contributed by atoms with van der Waals surface area (Å²) >= 11 is 0. The van der Waals surface area contributed by atoms with Gasteiger partial charge in [-0.15, -0.1) is 0 Å². The smallest absolute Gasteiger partial charge is 0.414 e. The topological polar surface area (TPSA) is 83.6 Å². The maximum Gasteiger partial charge on any atom is 0.414 e. The SMILES string of the molecule is CN(C(=O)OC(C)(C)C)c1cc(F)c2nc(-c3nn(COCC[Si](C)(C)C)c4c3C[C@@H]3C[C@]3(C)C4)n(COCC[Si](C)(C)C)c2c1. The summed E-state index contributed by atoms with van der Waals surface area (Å²) in [6.45, 7) is 23.7. The van der Waals surface area contributed by atoms with E-state index in [2.05, 4.69) is 46.2 Å². The van der Waals surface area contributed by atoms with Crippen molar-refractivity contribution in [2.75, 3.05) is 25.2 Å². The molecule has 2 heterocycles. The van der Waals surface area contributed by atoms with Gasteiger partial charge < -0.3 is 14.2 Å². The van der Waals surface area contributed by atoms with Crippen LogP contribution in [0.1, 0.15) is 45.4 Å². The largest absolute Gasteiger partial charge is 0.443 e. The second-order valence-electron chi connectivity index (χ2n) is 17.1. The van der Waals surface area contributed by atoms with E-state index in [1.165, 1.54) is 28.6 Å². The van der Waals surface area contributed by atoms with Gasteiger partial charge in [0.2, 0.25) is 0 Å². The Kier molecular flexibility index (Phi) is 9.44. The summed E-state index contributed by atoms with van der Waals surface area (Å²) in [6, 6.07) is 5.24. The number of fused-ring (bicyclic) bond motifs is 3. The molecule has 0 radical (unpaired) electrons. The van der Waals surface area contributed by atoms with E-state index in [0.717, 1.165) is 30.6 Å². The third kappa shape index (κ3) is 7.94. The Balaban J connectivity index is 1.56. The monoisotopic (exact) mass is 671 g/mol. The number of imidazole rings is 1. The highest BCUT2D eigenvalue weighted by Crippen LogP contribution is 2.60. The van der Waals surface area contributed by atoms with E-state index in [1.807, 2.05) is 30.0 Å². The van der Waals surface area contributed by atoms with Crippen molar-refractivity contribution < 1.29 is 23.4 Å². The van der Waals surface area contributed by atoms with Crippen molar-refractivity contribution in [3.63, 3.8) is 0 Å². The number of amides is 1. The minimum atomic E-state index is -1.33. The number of hydrogen-bond acceptors (Lipinski definition) is 6. The van der Waals surface area contributed by atoms with Crippen molar-refractivity contribution in [1.29, 1.82) is 0 Å². The molecular formula is C34H54FN5O4Si2. The molecule has 5 rings (SSSR count). The molecule has 46 heavy (non-hydrogen) atoms. The highest BCUT2D eigenvalue weighted by molar-refractivity contribution is 6.76. The zero-order valence-corrected chi connectivity index (χ0v) is 31.8. The van der Waals surface area contributed by atoms with Crippen LogP contribution in [-0.4, -0.2) is 67.4 Å². The fraction of sp³-hybridized carbons (Fsp3) is 0.676. The molecule has 12 heteroatoms. The van der Waals surface area contributed by atoms with E-state index in [1.54, 1.807) is 13.1 Å². The zero-order chi connectivity index (χ0) is 33.8. The zero-order valence-electron chi connectivity index (χ0n) is 29.8. The summed E-state index contributed by atoms with van der Waals surface area (Å²) in [5, 5.41) is 5.13. The van der Waals surface area contributed by atoms with Crippen LogP contribution in [0.3, 0.4) is 0 Å². The van der Waals surface area contributed by atoms with Crippen molar-refractivity contribution in [3.8, 4) is 11.5 Å². The Morgan fingerprint density at radius 1 is 1.07 bits per heavy atom. The van der Waals surface area contributed by atoms with Gasteiger partial charge in [0, 0.05) is 53.7 Å². The van der Waals surface area contributed by atoms with Crippen molar-refractivity contribution >= 4 is 39.0 Å². The predicted octanol–water partition coefficient (Wildman–Crippen LogP) is 8.16. The van der Waals surface area contributed by atoms with Gasteiger partial charge in [-0.05, 0) is 69.5 Å². The van der Waals surface area contributed by atoms with Crippen molar-refractivity contribution in [2.45, 2.75) is 117 Å². The first-order valence-electron chi connectivity index (χ1n) is 16.7. The number of carbonyl (C=O) groups excluding carboxylic acids is 1. The molecule has 2 aromatic heterocycles. The molecule has 2 aliphatic rings. The summed E-state index contributed by atoms with van der Waals surface area (Å²) in [5.74, 6) is 0.684. The first-order valence-corrected chi connectivity index (χ1v) is 24.1. The fourth-order valence-electron chi connectivity index (χ4n) is 6.07. The summed E-state index contributed by atoms with van der Waals surface area (Å²) in [6.07, 6.45) is 2.51. The van der Waals surface area contributed by atoms with Gasteiger partial charge >= 0.3 is 6.09 Å². The van der Waals surface area contributed by atoms with E-state index < -0.39 is 33.7 Å². The lowest BCUT2D eigenvalue weighted by molar-refractivity contribution is 0.0589. The van der Waals surface area contributed by atoms with E-state index >= 15 is 4.39 Å². The molecule has 0 bridgehead atoms. The van der Waals surface area contributed by atoms with Gasteiger partial charge in [0.15, 0.2) is 11.6 Å². The molecule has 0 saturated heterocycles. The first-order chi connectivity index (χ1) is 21.2. The Hall–Kier alpha value is -2.55. The number of ether oxygens (including phenoxy) is 3. The average Bonchev–Trinajstić information content (AvgIpc) is 3.27. The van der Waals surface area contributed by atoms with Crippen LogP contribution in [0.25, 0.3) is 22.6 Å². The second-order valence-corrected chi connectivity index (χ2v) is 28.3. The third-order valence-corrected chi connectivity index (χ3v) is 12.6. The lowest BCUT2D eigenvalue weighted by atomic mass is 9.87. The Morgan fingerprint density at radius 3 is 2.30 bits per heavy atom. The van der Waals surface area contributed by atoms with Crippen LogP contribution in [0.15, 0.2) is 12.1 Å². The number of carbonyl (C=O) groups is 1. The van der Waals surface area contributed by atoms with E-state index in [0.29, 0.717) is 48.3 Å². The molecule has 3 aromatic rings. The molecule has 1 aromatic carbocycles. The van der Waals surface area contributed by atoms with Crippen LogP contribution < -0.4 is 4.90 Å². The van der Waals surface area contributed by atoms with Gasteiger partial charge in [0.05, 0.1) is 11.2 Å². The molecule has 254 valence electrons. The molecule has 1 saturated carbocycles. The van der Waals surface area contributed by atoms with Crippen molar-refractivity contribution in [2.24, 2.45) is 11.3 Å². The van der Waals surface area contributed by atoms with Gasteiger partial charge in [-0.3, -0.25) is 9.47 Å². The van der Waals surface area contributed by atoms with Crippen LogP contribution in [-0.2, 0) is 40.5 Å². The van der Waals surface area contributed by atoms with Crippen molar-refractivity contribution in [1.82, 2.24) is 19.3 Å². The molecule has 0 N–H and O–H groups in total. The number of anilines is 1. The Morgan fingerprint density at radius 2 is 1.70 bits per heavy atom. The van der Waals surface area contributed by atoms with Gasteiger partial charge in [-0.2, -0.15) is 5.10 Å². The van der Waals surface area contributed by atoms with Gasteiger partial charge in [-0.1, -0.05) is 46.2 Å². The number of hydrogen-bond donors (Lipinski definition) is 0. The van der Waals surface area contributed by atoms with Gasteiger partial charge in [0.25, 0.3) is 0 Å². The van der Waals surface area contributed by atoms with E-state index in [4.69, 9.17) is 24.3 Å². The summed E-state index contributed by atoms with van der Waals surface area (Å²) in [4.78, 5) is 19.1. The lowest BCUT2D eigenvalue weighted by Gasteiger charge is -2.24. The molecular weight excluding hydrogens is 618 g/mol. The summed E-state index contributed by atoms with van der Waals surface area (Å²) in [5.41, 5.74) is 3.93. The lowest BCUT2D eigenvalue weighted by Crippen LogP contribution is -2.34. The minimum absolute atomic E-state index is 0.199. The Labute approximate surface area is 275 Å². The molecule has 1 fully saturated rings. The number of rotatable bonds is 12. The summed E-state index contributed by atoms with van der Waals surface area (Å²) in [7, 11) is -0.961. The quantitative estimate of drug-likeness (QED) is 0.143. The second kappa shape index (κ2) is 12.5. The average molecular weight is 672 g/mol. The van der Waals surface area contributed by atoms with Crippen molar-refractivity contribution in [3.05, 3.63) is 29.2 Å². The first kappa shape index (κ1) is 34.8. The number of benzene rings is 1. The van der Waals surface area contributed by atoms with Gasteiger partial charge in [0.1, 0.15) is 30.3 Å². The molecule has 2 aliphatic carbocycles. The molecule has 2 atom stereocenters. The third-order valence-electron chi connectivity index (χ3n) is 9.21. The van der Waals surface area contributed by atoms with Crippen LogP contribution in [0.5, 0.6) is 0 Å². The minimum Gasteiger partial charge on any atom is -0.443 e. The molecule has 0 spiro atoms. The highest BCUT2D eigenvalue weighted by Gasteiger charge is 2.54. The fourth-order valence-corrected chi connectivity index (χ4v) is 7.59. The Bertz CT molecular complexity index is 1600. The van der Waals surface area contributed by atoms with Crippen LogP contribution >= 0.6 is 0 Å². The molecule has 9 nitrogen and oxygen atoms in total. The van der Waals surface area contributed by atoms with E-state index in [9.17, 15) is 4.79 Å². The number of aromatic nitrogens is 4. The maximum absolute atomic E-state index is 15.9. The highest BCUT2D eigenvalue weighted by atomic mass is 28.3. The molecule has 0 aliphatic heterocycles. The number of halogens is 1. The molecule has 0 unspecified atom stereocenters. The normalized spacial score (nSPS) is 19.7.